The first-order valence-electron chi connectivity index (χ1n) is 9.04. The lowest BCUT2D eigenvalue weighted by Crippen LogP contribution is -1.91. The van der Waals surface area contributed by atoms with Crippen LogP contribution in [0.2, 0.25) is 0 Å². The van der Waals surface area contributed by atoms with Crippen molar-refractivity contribution < 1.29 is 0 Å². The van der Waals surface area contributed by atoms with E-state index in [0.717, 1.165) is 43.8 Å². The Bertz CT molecular complexity index is 1420. The number of hydrogen-bond acceptors (Lipinski definition) is 2. The quantitative estimate of drug-likeness (QED) is 0.340. The molecular formula is C28H18N2. The van der Waals surface area contributed by atoms with Gasteiger partial charge in [0, 0.05) is 49.8 Å². The van der Waals surface area contributed by atoms with Crippen LogP contribution in [-0.2, 0) is 0 Å². The zero-order valence-corrected chi connectivity index (χ0v) is 16.2. The second-order valence-electron chi connectivity index (χ2n) is 6.48. The molecule has 0 bridgehead atoms. The molecule has 0 atom stereocenters. The zero-order valence-electron chi connectivity index (χ0n) is 16.2. The highest BCUT2D eigenvalue weighted by Gasteiger charge is 2.05. The van der Waals surface area contributed by atoms with Gasteiger partial charge in [0.15, 0.2) is 0 Å². The second-order valence-corrected chi connectivity index (χ2v) is 6.48. The summed E-state index contributed by atoms with van der Waals surface area (Å²) in [4.78, 5) is 0. The molecule has 30 heavy (non-hydrogen) atoms. The molecule has 0 unspecified atom stereocenters. The molecule has 4 aromatic rings. The van der Waals surface area contributed by atoms with Crippen molar-refractivity contribution in [1.82, 2.24) is 0 Å². The van der Waals surface area contributed by atoms with Gasteiger partial charge in [-0.1, -0.05) is 47.9 Å². The minimum atomic E-state index is 0.637. The Morgan fingerprint density at radius 2 is 1.10 bits per heavy atom. The number of benzene rings is 4. The van der Waals surface area contributed by atoms with Crippen LogP contribution in [0.15, 0.2) is 60.7 Å². The first kappa shape index (κ1) is 20.0. The van der Waals surface area contributed by atoms with Crippen LogP contribution in [0.1, 0.15) is 22.3 Å². The van der Waals surface area contributed by atoms with Crippen LogP contribution in [-0.4, -0.2) is 0 Å². The van der Waals surface area contributed by atoms with Gasteiger partial charge in [-0.05, 0) is 41.8 Å². The number of hydrogen-bond donors (Lipinski definition) is 2. The van der Waals surface area contributed by atoms with E-state index in [9.17, 15) is 0 Å². The Labute approximate surface area is 176 Å². The summed E-state index contributed by atoms with van der Waals surface area (Å²) in [6, 6.07) is 18.7. The van der Waals surface area contributed by atoms with Gasteiger partial charge in [0.25, 0.3) is 0 Å². The summed E-state index contributed by atoms with van der Waals surface area (Å²) in [5, 5.41) is 3.72. The molecule has 0 aliphatic heterocycles. The molecule has 0 aromatic heterocycles. The molecule has 0 aliphatic carbocycles. The zero-order chi connectivity index (χ0) is 21.7. The van der Waals surface area contributed by atoms with Crippen molar-refractivity contribution in [2.45, 2.75) is 0 Å². The van der Waals surface area contributed by atoms with Crippen molar-refractivity contribution in [2.75, 3.05) is 11.5 Å². The SMILES string of the molecule is C#Cc1cc(N)cc2c(C#C)cccc12.C#Cc1ccc(N)c2c(C#C)cccc12. The fourth-order valence-electron chi connectivity index (χ4n) is 3.33. The van der Waals surface area contributed by atoms with Gasteiger partial charge in [0.1, 0.15) is 0 Å². The molecule has 4 rings (SSSR count). The largest absolute Gasteiger partial charge is 0.399 e. The van der Waals surface area contributed by atoms with Crippen LogP contribution >= 0.6 is 0 Å². The smallest absolute Gasteiger partial charge is 0.0407 e. The molecule has 0 saturated carbocycles. The van der Waals surface area contributed by atoms with Gasteiger partial charge in [-0.2, -0.15) is 0 Å². The van der Waals surface area contributed by atoms with Gasteiger partial charge in [-0.3, -0.25) is 0 Å². The summed E-state index contributed by atoms with van der Waals surface area (Å²) >= 11 is 0. The van der Waals surface area contributed by atoms with Crippen molar-refractivity contribution in [2.24, 2.45) is 0 Å². The van der Waals surface area contributed by atoms with Gasteiger partial charge in [0.05, 0.1) is 0 Å². The summed E-state index contributed by atoms with van der Waals surface area (Å²) in [5.74, 6) is 10.5. The monoisotopic (exact) mass is 382 g/mol. The molecule has 4 N–H and O–H groups in total. The summed E-state index contributed by atoms with van der Waals surface area (Å²) in [5.41, 5.74) is 16.1. The highest BCUT2D eigenvalue weighted by Crippen LogP contribution is 2.27. The number of terminal acetylenes is 4. The Morgan fingerprint density at radius 3 is 1.73 bits per heavy atom. The molecule has 0 fully saturated rings. The van der Waals surface area contributed by atoms with Crippen LogP contribution in [0.25, 0.3) is 21.5 Å². The van der Waals surface area contributed by atoms with E-state index in [1.807, 2.05) is 48.5 Å². The maximum Gasteiger partial charge on any atom is 0.0407 e. The Kier molecular flexibility index (Phi) is 5.66. The van der Waals surface area contributed by atoms with E-state index in [1.54, 1.807) is 12.1 Å². The molecule has 0 amide bonds. The van der Waals surface area contributed by atoms with E-state index >= 15 is 0 Å². The van der Waals surface area contributed by atoms with E-state index in [-0.39, 0.29) is 0 Å². The maximum atomic E-state index is 5.89. The van der Waals surface area contributed by atoms with Crippen molar-refractivity contribution in [3.8, 4) is 49.4 Å². The number of nitrogen functional groups attached to an aromatic ring is 2. The fraction of sp³-hybridized carbons (Fsp3) is 0. The standard InChI is InChI=1S/2C14H9N/c1-3-10-6-5-7-13-11(4-2)8-12(15)9-14(10)13;1-3-10-8-9-13(15)14-11(4-2)6-5-7-12(10)14/h2*1-2,5-9H,15H2. The molecular weight excluding hydrogens is 364 g/mol. The molecule has 0 saturated heterocycles. The van der Waals surface area contributed by atoms with Gasteiger partial charge >= 0.3 is 0 Å². The van der Waals surface area contributed by atoms with E-state index < -0.39 is 0 Å². The fourth-order valence-corrected chi connectivity index (χ4v) is 3.33. The molecule has 0 heterocycles. The number of nitrogens with two attached hydrogens (primary N) is 2. The van der Waals surface area contributed by atoms with Gasteiger partial charge in [-0.15, -0.1) is 25.7 Å². The minimum Gasteiger partial charge on any atom is -0.399 e. The molecule has 2 heteroatoms. The van der Waals surface area contributed by atoms with E-state index in [4.69, 9.17) is 37.2 Å². The van der Waals surface area contributed by atoms with Crippen molar-refractivity contribution in [1.29, 1.82) is 0 Å². The third-order valence-electron chi connectivity index (χ3n) is 4.71. The van der Waals surface area contributed by atoms with Crippen LogP contribution in [0.3, 0.4) is 0 Å². The molecule has 2 nitrogen and oxygen atoms in total. The predicted octanol–water partition coefficient (Wildman–Crippen LogP) is 4.77. The van der Waals surface area contributed by atoms with E-state index in [2.05, 4.69) is 23.7 Å². The summed E-state index contributed by atoms with van der Waals surface area (Å²) in [6.45, 7) is 0. The highest BCUT2D eigenvalue weighted by molar-refractivity contribution is 6.00. The van der Waals surface area contributed by atoms with Crippen LogP contribution in [0.4, 0.5) is 11.4 Å². The maximum absolute atomic E-state index is 5.89. The summed E-state index contributed by atoms with van der Waals surface area (Å²) in [6.07, 6.45) is 21.7. The lowest BCUT2D eigenvalue weighted by Gasteiger charge is -2.06. The van der Waals surface area contributed by atoms with Gasteiger partial charge in [0.2, 0.25) is 0 Å². The average molecular weight is 382 g/mol. The number of fused-ring (bicyclic) bond motifs is 2. The minimum absolute atomic E-state index is 0.637. The van der Waals surface area contributed by atoms with E-state index in [1.165, 1.54) is 0 Å². The van der Waals surface area contributed by atoms with Gasteiger partial charge < -0.3 is 11.5 Å². The topological polar surface area (TPSA) is 52.0 Å². The molecule has 140 valence electrons. The molecule has 0 spiro atoms. The predicted molar refractivity (Wildman–Crippen MR) is 128 cm³/mol. The lowest BCUT2D eigenvalue weighted by atomic mass is 9.99. The lowest BCUT2D eigenvalue weighted by molar-refractivity contribution is 1.66. The average Bonchev–Trinajstić information content (AvgIpc) is 2.78. The van der Waals surface area contributed by atoms with Crippen LogP contribution < -0.4 is 11.5 Å². The molecule has 0 radical (unpaired) electrons. The Morgan fingerprint density at radius 1 is 0.533 bits per heavy atom. The van der Waals surface area contributed by atoms with Crippen molar-refractivity contribution >= 4 is 32.9 Å². The first-order valence-corrected chi connectivity index (χ1v) is 9.04. The summed E-state index contributed by atoms with van der Waals surface area (Å²) in [7, 11) is 0. The van der Waals surface area contributed by atoms with Gasteiger partial charge in [-0.25, -0.2) is 0 Å². The third-order valence-corrected chi connectivity index (χ3v) is 4.71. The Hall–Kier alpha value is -4.76. The molecule has 0 aliphatic rings. The second kappa shape index (κ2) is 8.50. The van der Waals surface area contributed by atoms with Crippen molar-refractivity contribution in [3.63, 3.8) is 0 Å². The van der Waals surface area contributed by atoms with Crippen LogP contribution in [0, 0.1) is 49.4 Å². The normalized spacial score (nSPS) is 9.47. The van der Waals surface area contributed by atoms with Crippen molar-refractivity contribution in [3.05, 3.63) is 82.9 Å². The first-order chi connectivity index (χ1) is 14.5. The Balaban J connectivity index is 0.000000171. The summed E-state index contributed by atoms with van der Waals surface area (Å²) < 4.78 is 0. The number of rotatable bonds is 0. The number of anilines is 2. The molecule has 4 aromatic carbocycles. The van der Waals surface area contributed by atoms with E-state index in [0.29, 0.717) is 11.4 Å². The van der Waals surface area contributed by atoms with Crippen LogP contribution in [0.5, 0.6) is 0 Å². The third kappa shape index (κ3) is 3.63. The highest BCUT2D eigenvalue weighted by atomic mass is 14.6.